The lowest BCUT2D eigenvalue weighted by atomic mass is 10.1. The van der Waals surface area contributed by atoms with E-state index in [0.29, 0.717) is 24.4 Å². The molecular formula is C27H30ClN3O6S2. The van der Waals surface area contributed by atoms with Crippen molar-refractivity contribution in [2.75, 3.05) is 20.2 Å². The standard InChI is InChI=1S/C27H30ClN3O6S2/c1-37-26-14-13-23(18-24(26)28)38(33,34)30-25(17-20-7-3-2-4-8-20)27(32)29-19-21-9-11-22(12-10-21)39(35,36)31-15-5-6-16-31/h2-4,7-14,18,25,30H,5-6,15-17,19H2,1H3,(H,29,32)/t25-/m1/s1. The van der Waals surface area contributed by atoms with Crippen LogP contribution >= 0.6 is 11.6 Å². The molecule has 4 rings (SSSR count). The smallest absolute Gasteiger partial charge is 0.243 e. The summed E-state index contributed by atoms with van der Waals surface area (Å²) >= 11 is 6.12. The number of benzene rings is 3. The summed E-state index contributed by atoms with van der Waals surface area (Å²) in [5.74, 6) is -0.204. The van der Waals surface area contributed by atoms with Gasteiger partial charge in [0.2, 0.25) is 26.0 Å². The summed E-state index contributed by atoms with van der Waals surface area (Å²) in [5.41, 5.74) is 1.44. The Bertz CT molecular complexity index is 1510. The Morgan fingerprint density at radius 2 is 1.56 bits per heavy atom. The first kappa shape index (κ1) is 29.0. The van der Waals surface area contributed by atoms with Crippen molar-refractivity contribution < 1.29 is 26.4 Å². The molecule has 2 N–H and O–H groups in total. The number of ether oxygens (including phenoxy) is 1. The van der Waals surface area contributed by atoms with Crippen LogP contribution in [-0.2, 0) is 37.8 Å². The molecule has 0 aromatic heterocycles. The summed E-state index contributed by atoms with van der Waals surface area (Å²) in [6.45, 7) is 1.12. The zero-order valence-corrected chi connectivity index (χ0v) is 23.7. The molecule has 0 saturated carbocycles. The number of rotatable bonds is 11. The maximum absolute atomic E-state index is 13.2. The molecule has 1 atom stereocenters. The van der Waals surface area contributed by atoms with E-state index < -0.39 is 32.0 Å². The van der Waals surface area contributed by atoms with Crippen LogP contribution in [-0.4, -0.2) is 53.3 Å². The molecule has 0 radical (unpaired) electrons. The highest BCUT2D eigenvalue weighted by atomic mass is 35.5. The second-order valence-electron chi connectivity index (χ2n) is 9.13. The van der Waals surface area contributed by atoms with Gasteiger partial charge in [-0.25, -0.2) is 16.8 Å². The largest absolute Gasteiger partial charge is 0.495 e. The molecule has 9 nitrogen and oxygen atoms in total. The number of sulfonamides is 2. The van der Waals surface area contributed by atoms with Gasteiger partial charge in [0.05, 0.1) is 21.9 Å². The lowest BCUT2D eigenvalue weighted by molar-refractivity contribution is -0.122. The molecule has 1 fully saturated rings. The Hall–Kier alpha value is -2.96. The molecule has 3 aromatic carbocycles. The van der Waals surface area contributed by atoms with E-state index in [4.69, 9.17) is 16.3 Å². The van der Waals surface area contributed by atoms with Gasteiger partial charge in [-0.1, -0.05) is 54.1 Å². The quantitative estimate of drug-likeness (QED) is 0.353. The van der Waals surface area contributed by atoms with Crippen LogP contribution in [0.5, 0.6) is 5.75 Å². The first-order valence-corrected chi connectivity index (χ1v) is 15.7. The second kappa shape index (κ2) is 12.5. The molecule has 1 aliphatic heterocycles. The summed E-state index contributed by atoms with van der Waals surface area (Å²) in [7, 11) is -6.22. The van der Waals surface area contributed by atoms with Gasteiger partial charge in [-0.3, -0.25) is 4.79 Å². The Morgan fingerprint density at radius 3 is 2.18 bits per heavy atom. The highest BCUT2D eigenvalue weighted by Crippen LogP contribution is 2.27. The Balaban J connectivity index is 1.48. The number of nitrogens with one attached hydrogen (secondary N) is 2. The predicted molar refractivity (Wildman–Crippen MR) is 149 cm³/mol. The zero-order valence-electron chi connectivity index (χ0n) is 21.3. The van der Waals surface area contributed by atoms with E-state index in [9.17, 15) is 21.6 Å². The van der Waals surface area contributed by atoms with Crippen molar-refractivity contribution in [3.05, 3.63) is 88.9 Å². The van der Waals surface area contributed by atoms with Crippen molar-refractivity contribution in [2.24, 2.45) is 0 Å². The van der Waals surface area contributed by atoms with Gasteiger partial charge in [-0.05, 0) is 60.7 Å². The van der Waals surface area contributed by atoms with Crippen LogP contribution in [0, 0.1) is 0 Å². The average Bonchev–Trinajstić information content (AvgIpc) is 3.48. The van der Waals surface area contributed by atoms with Crippen LogP contribution in [0.15, 0.2) is 82.6 Å². The van der Waals surface area contributed by atoms with E-state index in [1.807, 2.05) is 6.07 Å². The molecule has 1 saturated heterocycles. The van der Waals surface area contributed by atoms with E-state index in [-0.39, 0.29) is 27.8 Å². The summed E-state index contributed by atoms with van der Waals surface area (Å²) in [6.07, 6.45) is 1.81. The highest BCUT2D eigenvalue weighted by molar-refractivity contribution is 7.89. The van der Waals surface area contributed by atoms with Crippen molar-refractivity contribution in [3.8, 4) is 5.75 Å². The molecule has 1 amide bonds. The Kier molecular flexibility index (Phi) is 9.29. The van der Waals surface area contributed by atoms with Crippen LogP contribution in [0.4, 0.5) is 0 Å². The maximum atomic E-state index is 13.2. The van der Waals surface area contributed by atoms with Gasteiger partial charge in [-0.15, -0.1) is 0 Å². The summed E-state index contributed by atoms with van der Waals surface area (Å²) in [5, 5.41) is 2.89. The van der Waals surface area contributed by atoms with Crippen LogP contribution in [0.3, 0.4) is 0 Å². The van der Waals surface area contributed by atoms with Gasteiger partial charge in [0.1, 0.15) is 11.8 Å². The van der Waals surface area contributed by atoms with Gasteiger partial charge in [0.15, 0.2) is 0 Å². The summed E-state index contributed by atoms with van der Waals surface area (Å²) in [6, 6.07) is 18.3. The van der Waals surface area contributed by atoms with Crippen LogP contribution in [0.1, 0.15) is 24.0 Å². The zero-order chi connectivity index (χ0) is 28.0. The van der Waals surface area contributed by atoms with Crippen LogP contribution in [0.2, 0.25) is 5.02 Å². The normalized spacial score (nSPS) is 15.1. The van der Waals surface area contributed by atoms with Gasteiger partial charge < -0.3 is 10.1 Å². The summed E-state index contributed by atoms with van der Waals surface area (Å²) in [4.78, 5) is 13.3. The van der Waals surface area contributed by atoms with Gasteiger partial charge >= 0.3 is 0 Å². The maximum Gasteiger partial charge on any atom is 0.243 e. The minimum atomic E-state index is -4.11. The number of methoxy groups -OCH3 is 1. The van der Waals surface area contributed by atoms with Crippen LogP contribution in [0.25, 0.3) is 0 Å². The van der Waals surface area contributed by atoms with E-state index in [1.54, 1.807) is 36.4 Å². The Morgan fingerprint density at radius 1 is 0.923 bits per heavy atom. The molecule has 0 spiro atoms. The fourth-order valence-electron chi connectivity index (χ4n) is 4.28. The molecular weight excluding hydrogens is 562 g/mol. The molecule has 0 aliphatic carbocycles. The fraction of sp³-hybridized carbons (Fsp3) is 0.296. The molecule has 3 aromatic rings. The lowest BCUT2D eigenvalue weighted by Gasteiger charge is -2.19. The molecule has 39 heavy (non-hydrogen) atoms. The van der Waals surface area contributed by atoms with Crippen molar-refractivity contribution in [1.29, 1.82) is 0 Å². The second-order valence-corrected chi connectivity index (χ2v) is 13.2. The molecule has 208 valence electrons. The summed E-state index contributed by atoms with van der Waals surface area (Å²) < 4.78 is 60.9. The third kappa shape index (κ3) is 7.17. The number of carbonyl (C=O) groups excluding carboxylic acids is 1. The molecule has 1 aliphatic rings. The SMILES string of the molecule is COc1ccc(S(=O)(=O)N[C@H](Cc2ccccc2)C(=O)NCc2ccc(S(=O)(=O)N3CCCC3)cc2)cc1Cl. The first-order chi connectivity index (χ1) is 18.6. The predicted octanol–water partition coefficient (Wildman–Crippen LogP) is 3.34. The third-order valence-electron chi connectivity index (χ3n) is 6.42. The number of amides is 1. The number of nitrogens with zero attached hydrogens (tertiary/aromatic N) is 1. The molecule has 0 bridgehead atoms. The van der Waals surface area contributed by atoms with Gasteiger partial charge in [0, 0.05) is 19.6 Å². The monoisotopic (exact) mass is 591 g/mol. The van der Waals surface area contributed by atoms with Gasteiger partial charge in [-0.2, -0.15) is 9.03 Å². The van der Waals surface area contributed by atoms with Crippen molar-refractivity contribution >= 4 is 37.6 Å². The van der Waals surface area contributed by atoms with Crippen LogP contribution < -0.4 is 14.8 Å². The van der Waals surface area contributed by atoms with E-state index in [1.165, 1.54) is 41.7 Å². The van der Waals surface area contributed by atoms with E-state index >= 15 is 0 Å². The molecule has 0 unspecified atom stereocenters. The fourth-order valence-corrected chi connectivity index (χ4v) is 7.34. The van der Waals surface area contributed by atoms with Crippen molar-refractivity contribution in [2.45, 2.75) is 41.6 Å². The molecule has 1 heterocycles. The highest BCUT2D eigenvalue weighted by Gasteiger charge is 2.28. The van der Waals surface area contributed by atoms with E-state index in [2.05, 4.69) is 10.0 Å². The van der Waals surface area contributed by atoms with Gasteiger partial charge in [0.25, 0.3) is 0 Å². The first-order valence-electron chi connectivity index (χ1n) is 12.4. The minimum Gasteiger partial charge on any atom is -0.495 e. The number of hydrogen-bond acceptors (Lipinski definition) is 6. The third-order valence-corrected chi connectivity index (χ3v) is 10.1. The van der Waals surface area contributed by atoms with Crippen molar-refractivity contribution in [1.82, 2.24) is 14.3 Å². The number of halogens is 1. The lowest BCUT2D eigenvalue weighted by Crippen LogP contribution is -2.47. The average molecular weight is 592 g/mol. The van der Waals surface area contributed by atoms with E-state index in [0.717, 1.165) is 18.4 Å². The topological polar surface area (TPSA) is 122 Å². The molecule has 12 heteroatoms. The number of hydrogen-bond donors (Lipinski definition) is 2. The van der Waals surface area contributed by atoms with Crippen molar-refractivity contribution in [3.63, 3.8) is 0 Å². The Labute approximate surface area is 234 Å². The minimum absolute atomic E-state index is 0.0876. The number of carbonyl (C=O) groups is 1.